The molecule has 0 saturated heterocycles. The van der Waals surface area contributed by atoms with Gasteiger partial charge in [-0.15, -0.1) is 0 Å². The third-order valence-corrected chi connectivity index (χ3v) is 5.06. The lowest BCUT2D eigenvalue weighted by molar-refractivity contribution is -0.124. The number of rotatable bonds is 11. The molecular formula is C23H32FN5O6. The number of ether oxygens (including phenoxy) is 1. The number of amides is 1. The second kappa shape index (κ2) is 12.2. The minimum Gasteiger partial charge on any atom is -0.496 e. The fourth-order valence-corrected chi connectivity index (χ4v) is 3.23. The monoisotopic (exact) mass is 493 g/mol. The second-order valence-corrected chi connectivity index (χ2v) is 8.29. The molecule has 1 amide bonds. The summed E-state index contributed by atoms with van der Waals surface area (Å²) in [5, 5.41) is 21.5. The molecule has 0 aliphatic heterocycles. The lowest BCUT2D eigenvalue weighted by Crippen LogP contribution is -2.49. The number of oxime groups is 1. The van der Waals surface area contributed by atoms with E-state index in [9.17, 15) is 23.9 Å². The summed E-state index contributed by atoms with van der Waals surface area (Å²) >= 11 is 0. The van der Waals surface area contributed by atoms with Gasteiger partial charge in [0.1, 0.15) is 30.0 Å². The number of carbonyl (C=O) groups excluding carboxylic acids is 1. The minimum absolute atomic E-state index is 0.109. The first-order chi connectivity index (χ1) is 16.5. The summed E-state index contributed by atoms with van der Waals surface area (Å²) in [4.78, 5) is 43.4. The van der Waals surface area contributed by atoms with Gasteiger partial charge in [0.15, 0.2) is 5.69 Å². The van der Waals surface area contributed by atoms with Crippen LogP contribution in [0, 0.1) is 11.7 Å². The van der Waals surface area contributed by atoms with Crippen molar-refractivity contribution < 1.29 is 23.9 Å². The maximum atomic E-state index is 13.8. The number of benzene rings is 1. The third kappa shape index (κ3) is 6.98. The summed E-state index contributed by atoms with van der Waals surface area (Å²) in [6, 6.07) is 3.07. The molecule has 1 unspecified atom stereocenters. The Hall–Kier alpha value is -3.54. The lowest BCUT2D eigenvalue weighted by Gasteiger charge is -2.19. The Morgan fingerprint density at radius 3 is 2.54 bits per heavy atom. The molecule has 35 heavy (non-hydrogen) atoms. The normalized spacial score (nSPS) is 13.5. The molecule has 0 spiro atoms. The van der Waals surface area contributed by atoms with Crippen LogP contribution in [-0.4, -0.2) is 50.8 Å². The van der Waals surface area contributed by atoms with Crippen LogP contribution in [0.5, 0.6) is 5.75 Å². The Morgan fingerprint density at radius 1 is 1.26 bits per heavy atom. The smallest absolute Gasteiger partial charge is 0.347 e. The lowest BCUT2D eigenvalue weighted by atomic mass is 10.1. The van der Waals surface area contributed by atoms with Crippen LogP contribution in [0.3, 0.4) is 0 Å². The summed E-state index contributed by atoms with van der Waals surface area (Å²) in [5.41, 5.74) is -1.48. The van der Waals surface area contributed by atoms with Crippen LogP contribution >= 0.6 is 0 Å². The van der Waals surface area contributed by atoms with Crippen LogP contribution in [0.15, 0.2) is 32.9 Å². The van der Waals surface area contributed by atoms with Crippen LogP contribution in [0.2, 0.25) is 0 Å². The van der Waals surface area contributed by atoms with Crippen molar-refractivity contribution in [1.29, 1.82) is 0 Å². The van der Waals surface area contributed by atoms with Crippen molar-refractivity contribution in [2.75, 3.05) is 13.7 Å². The second-order valence-electron chi connectivity index (χ2n) is 8.29. The van der Waals surface area contributed by atoms with Gasteiger partial charge in [-0.2, -0.15) is 5.10 Å². The molecule has 12 heteroatoms. The Bertz CT molecular complexity index is 1190. The average Bonchev–Trinajstić information content (AvgIpc) is 2.81. The van der Waals surface area contributed by atoms with Gasteiger partial charge < -0.3 is 20.0 Å². The molecule has 2 atom stereocenters. The van der Waals surface area contributed by atoms with Crippen LogP contribution in [0.1, 0.15) is 52.0 Å². The van der Waals surface area contributed by atoms with Crippen molar-refractivity contribution in [2.45, 2.75) is 59.9 Å². The number of hydrogen-bond acceptors (Lipinski definition) is 8. The molecule has 192 valence electrons. The van der Waals surface area contributed by atoms with Crippen LogP contribution in [0.25, 0.3) is 0 Å². The van der Waals surface area contributed by atoms with E-state index in [4.69, 9.17) is 9.57 Å². The highest BCUT2D eigenvalue weighted by Crippen LogP contribution is 2.26. The molecule has 0 aliphatic rings. The van der Waals surface area contributed by atoms with E-state index in [2.05, 4.69) is 15.6 Å². The molecule has 0 aliphatic carbocycles. The number of aliphatic hydroxyl groups is 1. The number of aliphatic hydroxyl groups excluding tert-OH is 1. The molecule has 0 saturated carbocycles. The summed E-state index contributed by atoms with van der Waals surface area (Å²) in [6.07, 6.45) is -1.38. The highest BCUT2D eigenvalue weighted by molar-refractivity contribution is 5.96. The number of nitrogens with one attached hydrogen (secondary N) is 1. The van der Waals surface area contributed by atoms with Crippen LogP contribution in [0.4, 0.5) is 4.39 Å². The van der Waals surface area contributed by atoms with Gasteiger partial charge in [0.25, 0.3) is 5.56 Å². The number of methoxy groups -OCH3 is 1. The predicted molar refractivity (Wildman–Crippen MR) is 127 cm³/mol. The zero-order valence-electron chi connectivity index (χ0n) is 20.7. The van der Waals surface area contributed by atoms with E-state index in [1.54, 1.807) is 27.7 Å². The molecule has 0 fully saturated rings. The molecule has 2 aromatic rings. The van der Waals surface area contributed by atoms with E-state index < -0.39 is 35.8 Å². The number of aromatic nitrogens is 3. The Morgan fingerprint density at radius 2 is 1.94 bits per heavy atom. The number of carbonyl (C=O) groups is 1. The number of nitrogens with zero attached hydrogens (tertiary/aromatic N) is 4. The van der Waals surface area contributed by atoms with Crippen molar-refractivity contribution in [3.63, 3.8) is 0 Å². The average molecular weight is 494 g/mol. The SMILES string of the molecule is CCO/N=C(\C)c1nn(CC(O)c2cc(F)ccc2OC)c(=O)n(C[C@H](C)NC(=O)C(C)C)c1=O. The van der Waals surface area contributed by atoms with Crippen molar-refractivity contribution in [3.05, 3.63) is 56.1 Å². The fraction of sp³-hybridized carbons (Fsp3) is 0.522. The van der Waals surface area contributed by atoms with Crippen molar-refractivity contribution in [1.82, 2.24) is 19.7 Å². The number of halogens is 1. The quantitative estimate of drug-likeness (QED) is 0.355. The van der Waals surface area contributed by atoms with Gasteiger partial charge in [-0.25, -0.2) is 13.9 Å². The van der Waals surface area contributed by atoms with Crippen LogP contribution < -0.4 is 21.3 Å². The standard InChI is InChI=1S/C23H32FN5O6/c1-7-35-27-15(5)20-22(32)28(11-14(4)25-21(31)13(2)3)23(33)29(26-20)12-18(30)17-10-16(24)8-9-19(17)34-6/h8-10,13-14,18,30H,7,11-12H2,1-6H3,(H,25,31)/b27-15+/t14-,18?/m0/s1. The summed E-state index contributed by atoms with van der Waals surface area (Å²) < 4.78 is 20.8. The maximum Gasteiger partial charge on any atom is 0.347 e. The molecule has 2 N–H and O–H groups in total. The molecule has 1 aromatic heterocycles. The van der Waals surface area contributed by atoms with Gasteiger partial charge >= 0.3 is 5.69 Å². The first-order valence-electron chi connectivity index (χ1n) is 11.2. The summed E-state index contributed by atoms with van der Waals surface area (Å²) in [5.74, 6) is -0.890. The number of hydrogen-bond donors (Lipinski definition) is 2. The van der Waals surface area contributed by atoms with E-state index in [-0.39, 0.29) is 47.7 Å². The van der Waals surface area contributed by atoms with E-state index in [0.29, 0.717) is 0 Å². The molecule has 0 radical (unpaired) electrons. The van der Waals surface area contributed by atoms with E-state index in [1.807, 2.05) is 0 Å². The van der Waals surface area contributed by atoms with Gasteiger partial charge in [0, 0.05) is 17.5 Å². The minimum atomic E-state index is -1.38. The van der Waals surface area contributed by atoms with E-state index in [1.165, 1.54) is 26.2 Å². The zero-order chi connectivity index (χ0) is 26.3. The van der Waals surface area contributed by atoms with Gasteiger partial charge in [-0.1, -0.05) is 19.0 Å². The van der Waals surface area contributed by atoms with E-state index in [0.717, 1.165) is 15.3 Å². The third-order valence-electron chi connectivity index (χ3n) is 5.06. The summed E-state index contributed by atoms with van der Waals surface area (Å²) in [6.45, 7) is 8.02. The molecule has 1 heterocycles. The Labute approximate surface area is 202 Å². The fourth-order valence-electron chi connectivity index (χ4n) is 3.23. The van der Waals surface area contributed by atoms with Crippen molar-refractivity contribution >= 4 is 11.6 Å². The highest BCUT2D eigenvalue weighted by atomic mass is 19.1. The maximum absolute atomic E-state index is 13.8. The van der Waals surface area contributed by atoms with Gasteiger partial charge in [-0.3, -0.25) is 14.2 Å². The molecule has 2 rings (SSSR count). The molecule has 0 bridgehead atoms. The van der Waals surface area contributed by atoms with E-state index >= 15 is 0 Å². The summed E-state index contributed by atoms with van der Waals surface area (Å²) in [7, 11) is 1.37. The predicted octanol–water partition coefficient (Wildman–Crippen LogP) is 1.21. The topological polar surface area (TPSA) is 137 Å². The zero-order valence-corrected chi connectivity index (χ0v) is 20.7. The van der Waals surface area contributed by atoms with Gasteiger partial charge in [-0.05, 0) is 39.0 Å². The largest absolute Gasteiger partial charge is 0.496 e. The van der Waals surface area contributed by atoms with Crippen molar-refractivity contribution in [3.8, 4) is 5.75 Å². The Balaban J connectivity index is 2.55. The molecule has 1 aromatic carbocycles. The molecule has 11 nitrogen and oxygen atoms in total. The van der Waals surface area contributed by atoms with Crippen LogP contribution in [-0.2, 0) is 22.7 Å². The van der Waals surface area contributed by atoms with Crippen molar-refractivity contribution in [2.24, 2.45) is 11.1 Å². The Kier molecular flexibility index (Phi) is 9.69. The van der Waals surface area contributed by atoms with Gasteiger partial charge in [0.2, 0.25) is 5.91 Å². The highest BCUT2D eigenvalue weighted by Gasteiger charge is 2.22. The first-order valence-corrected chi connectivity index (χ1v) is 11.2. The first kappa shape index (κ1) is 27.7. The molecular weight excluding hydrogens is 461 g/mol. The van der Waals surface area contributed by atoms with Gasteiger partial charge in [0.05, 0.1) is 20.2 Å².